The van der Waals surface area contributed by atoms with E-state index in [2.05, 4.69) is 36.1 Å². The normalized spacial score (nSPS) is 16.0. The van der Waals surface area contributed by atoms with E-state index in [0.29, 0.717) is 17.8 Å². The average Bonchev–Trinajstić information content (AvgIpc) is 3.10. The van der Waals surface area contributed by atoms with Gasteiger partial charge >= 0.3 is 11.7 Å². The number of benzene rings is 2. The smallest absolute Gasteiger partial charge is 0.336 e. The minimum atomic E-state index is -0.271. The number of ether oxygens (including phenoxy) is 1. The summed E-state index contributed by atoms with van der Waals surface area (Å²) >= 11 is 1.69. The van der Waals surface area contributed by atoms with Gasteiger partial charge in [0.15, 0.2) is 0 Å². The first-order valence-corrected chi connectivity index (χ1v) is 12.6. The van der Waals surface area contributed by atoms with Crippen molar-refractivity contribution in [2.45, 2.75) is 50.7 Å². The van der Waals surface area contributed by atoms with Crippen LogP contribution in [0.5, 0.6) is 0 Å². The molecule has 3 aromatic rings. The lowest BCUT2D eigenvalue weighted by Gasteiger charge is -2.34. The van der Waals surface area contributed by atoms with Crippen molar-refractivity contribution in [2.24, 2.45) is 0 Å². The number of para-hydroxylation sites is 2. The van der Waals surface area contributed by atoms with Crippen LogP contribution in [-0.4, -0.2) is 57.4 Å². The summed E-state index contributed by atoms with van der Waals surface area (Å²) in [7, 11) is 0. The first-order valence-electron chi connectivity index (χ1n) is 11.7. The molecule has 180 valence electrons. The molecule has 34 heavy (non-hydrogen) atoms. The van der Waals surface area contributed by atoms with Gasteiger partial charge in [-0.25, -0.2) is 9.36 Å². The lowest BCUT2D eigenvalue weighted by molar-refractivity contribution is -0.146. The van der Waals surface area contributed by atoms with Crippen molar-refractivity contribution in [1.82, 2.24) is 14.0 Å². The Hall–Kier alpha value is -2.84. The number of aromatic nitrogens is 2. The quantitative estimate of drug-likeness (QED) is 0.373. The molecule has 0 saturated carbocycles. The summed E-state index contributed by atoms with van der Waals surface area (Å²) in [6.07, 6.45) is 1.38. The molecule has 0 N–H and O–H groups in total. The van der Waals surface area contributed by atoms with E-state index in [1.807, 2.05) is 24.3 Å². The van der Waals surface area contributed by atoms with Crippen LogP contribution in [0.4, 0.5) is 0 Å². The number of esters is 1. The number of hydrogen-bond acceptors (Lipinski definition) is 6. The van der Waals surface area contributed by atoms with Gasteiger partial charge in [-0.15, -0.1) is 11.8 Å². The second-order valence-corrected chi connectivity index (χ2v) is 9.98. The monoisotopic (exact) mass is 481 g/mol. The first kappa shape index (κ1) is 24.3. The van der Waals surface area contributed by atoms with E-state index in [1.165, 1.54) is 24.0 Å². The topological polar surface area (TPSA) is 73.5 Å². The Labute approximate surface area is 203 Å². The molecule has 4 rings (SSSR count). The average molecular weight is 482 g/mol. The molecule has 0 amide bonds. The molecule has 0 aliphatic carbocycles. The number of carbonyl (C=O) groups is 2. The van der Waals surface area contributed by atoms with Crippen molar-refractivity contribution in [3.05, 3.63) is 64.6 Å². The van der Waals surface area contributed by atoms with Gasteiger partial charge in [-0.1, -0.05) is 29.8 Å². The maximum Gasteiger partial charge on any atom is 0.336 e. The summed E-state index contributed by atoms with van der Waals surface area (Å²) in [5.41, 5.74) is 2.41. The van der Waals surface area contributed by atoms with Gasteiger partial charge in [-0.05, 0) is 44.0 Å². The van der Waals surface area contributed by atoms with E-state index < -0.39 is 0 Å². The highest BCUT2D eigenvalue weighted by molar-refractivity contribution is 7.99. The number of hydrogen-bond donors (Lipinski definition) is 0. The van der Waals surface area contributed by atoms with Gasteiger partial charge in [0.25, 0.3) is 0 Å². The summed E-state index contributed by atoms with van der Waals surface area (Å²) in [5.74, 6) is 0.148. The van der Waals surface area contributed by atoms with E-state index in [4.69, 9.17) is 4.74 Å². The van der Waals surface area contributed by atoms with Gasteiger partial charge in [-0.3, -0.25) is 19.1 Å². The van der Waals surface area contributed by atoms with Crippen LogP contribution < -0.4 is 5.69 Å². The fraction of sp³-hybridized carbons (Fsp3) is 0.423. The van der Waals surface area contributed by atoms with E-state index >= 15 is 0 Å². The molecule has 2 aromatic carbocycles. The van der Waals surface area contributed by atoms with Crippen LogP contribution in [0.1, 0.15) is 43.1 Å². The number of thioether (sulfide) groups is 1. The van der Waals surface area contributed by atoms with Crippen LogP contribution in [-0.2, 0) is 9.53 Å². The third-order valence-corrected chi connectivity index (χ3v) is 7.41. The molecular formula is C26H31N3O4S. The Bertz CT molecular complexity index is 1220. The minimum Gasteiger partial charge on any atom is -0.460 e. The number of aryl methyl sites for hydroxylation is 1. The highest BCUT2D eigenvalue weighted by Crippen LogP contribution is 2.27. The third kappa shape index (κ3) is 5.45. The third-order valence-electron chi connectivity index (χ3n) is 6.27. The van der Waals surface area contributed by atoms with E-state index in [0.717, 1.165) is 36.3 Å². The first-order chi connectivity index (χ1) is 16.3. The van der Waals surface area contributed by atoms with E-state index in [1.54, 1.807) is 16.3 Å². The predicted octanol–water partition coefficient (Wildman–Crippen LogP) is 4.13. The highest BCUT2D eigenvalue weighted by atomic mass is 32.2. The summed E-state index contributed by atoms with van der Waals surface area (Å²) in [4.78, 5) is 40.3. The van der Waals surface area contributed by atoms with Crippen molar-refractivity contribution in [3.63, 3.8) is 0 Å². The van der Waals surface area contributed by atoms with Crippen LogP contribution in [0.2, 0.25) is 0 Å². The lowest BCUT2D eigenvalue weighted by Crippen LogP contribution is -2.43. The Balaban J connectivity index is 1.42. The predicted molar refractivity (Wildman–Crippen MR) is 135 cm³/mol. The molecule has 1 aromatic heterocycles. The Morgan fingerprint density at radius 2 is 1.68 bits per heavy atom. The number of carbonyl (C=O) groups excluding carboxylic acids is 2. The van der Waals surface area contributed by atoms with Crippen molar-refractivity contribution >= 4 is 34.7 Å². The Morgan fingerprint density at radius 3 is 2.29 bits per heavy atom. The van der Waals surface area contributed by atoms with Gasteiger partial charge < -0.3 is 4.74 Å². The molecule has 1 atom stereocenters. The van der Waals surface area contributed by atoms with Crippen LogP contribution in [0.25, 0.3) is 11.0 Å². The van der Waals surface area contributed by atoms with Gasteiger partial charge in [0, 0.05) is 50.2 Å². The number of rotatable bonds is 7. The molecule has 1 saturated heterocycles. The number of nitrogens with zero attached hydrogens (tertiary/aromatic N) is 3. The Morgan fingerprint density at radius 1 is 1.03 bits per heavy atom. The maximum atomic E-state index is 13.1. The molecule has 1 fully saturated rings. The summed E-state index contributed by atoms with van der Waals surface area (Å²) < 4.78 is 8.67. The fourth-order valence-electron chi connectivity index (χ4n) is 4.66. The van der Waals surface area contributed by atoms with Crippen molar-refractivity contribution in [2.75, 3.05) is 25.4 Å². The van der Waals surface area contributed by atoms with Gasteiger partial charge in [0.05, 0.1) is 11.0 Å². The Kier molecular flexibility index (Phi) is 7.58. The molecule has 0 spiro atoms. The molecule has 7 nitrogen and oxygen atoms in total. The van der Waals surface area contributed by atoms with E-state index in [9.17, 15) is 14.4 Å². The van der Waals surface area contributed by atoms with Gasteiger partial charge in [0.1, 0.15) is 6.10 Å². The lowest BCUT2D eigenvalue weighted by atomic mass is 10.0. The second-order valence-electron chi connectivity index (χ2n) is 8.88. The van der Waals surface area contributed by atoms with Crippen LogP contribution in [0, 0.1) is 6.92 Å². The summed E-state index contributed by atoms with van der Waals surface area (Å²) in [5, 5.41) is 0. The van der Waals surface area contributed by atoms with Crippen LogP contribution in [0.15, 0.2) is 58.2 Å². The molecule has 1 unspecified atom stereocenters. The largest absolute Gasteiger partial charge is 0.460 e. The van der Waals surface area contributed by atoms with Gasteiger partial charge in [-0.2, -0.15) is 0 Å². The molecule has 0 radical (unpaired) electrons. The SMILES string of the molecule is CC(=O)OC(CSc1ccc(C)cc1)CN1CCC(n2c(=O)n(C(C)=O)c3ccccc32)CC1. The zero-order valence-electron chi connectivity index (χ0n) is 19.9. The number of piperidine rings is 1. The number of imidazole rings is 1. The van der Waals surface area contributed by atoms with Crippen molar-refractivity contribution in [3.8, 4) is 0 Å². The van der Waals surface area contributed by atoms with Crippen molar-refractivity contribution in [1.29, 1.82) is 0 Å². The minimum absolute atomic E-state index is 0.0309. The summed E-state index contributed by atoms with van der Waals surface area (Å²) in [6.45, 7) is 7.19. The standard InChI is InChI=1S/C26H31N3O4S/c1-18-8-10-23(11-9-18)34-17-22(33-20(3)31)16-27-14-12-21(13-15-27)29-25-7-5-4-6-24(25)28(19(2)30)26(29)32/h4-11,21-22H,12-17H2,1-3H3. The zero-order chi connectivity index (χ0) is 24.2. The fourth-order valence-corrected chi connectivity index (χ4v) is 5.54. The maximum absolute atomic E-state index is 13.1. The van der Waals surface area contributed by atoms with E-state index in [-0.39, 0.29) is 29.7 Å². The van der Waals surface area contributed by atoms with Crippen LogP contribution in [0.3, 0.4) is 0 Å². The summed E-state index contributed by atoms with van der Waals surface area (Å²) in [6, 6.07) is 15.8. The molecular weight excluding hydrogens is 450 g/mol. The van der Waals surface area contributed by atoms with Crippen LogP contribution >= 0.6 is 11.8 Å². The molecule has 1 aliphatic heterocycles. The number of likely N-dealkylation sites (tertiary alicyclic amines) is 1. The molecule has 1 aliphatic rings. The van der Waals surface area contributed by atoms with Gasteiger partial charge in [0.2, 0.25) is 5.91 Å². The molecule has 2 heterocycles. The highest BCUT2D eigenvalue weighted by Gasteiger charge is 2.27. The zero-order valence-corrected chi connectivity index (χ0v) is 20.7. The van der Waals surface area contributed by atoms with Crippen molar-refractivity contribution < 1.29 is 14.3 Å². The second kappa shape index (κ2) is 10.6. The number of fused-ring (bicyclic) bond motifs is 1. The molecule has 0 bridgehead atoms. The molecule has 8 heteroatoms.